The Morgan fingerprint density at radius 3 is 2.77 bits per heavy atom. The average molecular weight is 297 g/mol. The Bertz CT molecular complexity index is 860. The molecule has 1 aliphatic heterocycles. The quantitative estimate of drug-likeness (QED) is 0.802. The number of aromatic nitrogens is 2. The Hall–Kier alpha value is -2.50. The average Bonchev–Trinajstić information content (AvgIpc) is 3.29. The van der Waals surface area contributed by atoms with E-state index in [0.717, 1.165) is 18.0 Å². The van der Waals surface area contributed by atoms with Gasteiger partial charge in [-0.25, -0.2) is 9.79 Å². The van der Waals surface area contributed by atoms with Crippen LogP contribution in [0.1, 0.15) is 18.4 Å². The van der Waals surface area contributed by atoms with Crippen LogP contribution in [0.4, 0.5) is 0 Å². The Labute approximate surface area is 127 Å². The second kappa shape index (κ2) is 5.05. The van der Waals surface area contributed by atoms with Crippen LogP contribution in [0.25, 0.3) is 5.82 Å². The number of rotatable bonds is 4. The first-order valence-electron chi connectivity index (χ1n) is 7.64. The van der Waals surface area contributed by atoms with Gasteiger partial charge >= 0.3 is 5.69 Å². The number of benzene rings is 1. The minimum Gasteiger partial charge on any atom is -0.383 e. The van der Waals surface area contributed by atoms with Gasteiger partial charge in [0.05, 0.1) is 6.54 Å². The van der Waals surface area contributed by atoms with E-state index in [1.807, 2.05) is 30.3 Å². The first kappa shape index (κ1) is 13.2. The lowest BCUT2D eigenvalue weighted by Gasteiger charge is -2.24. The summed E-state index contributed by atoms with van der Waals surface area (Å²) in [4.78, 5) is 21.8. The van der Waals surface area contributed by atoms with Crippen molar-refractivity contribution in [1.82, 2.24) is 14.5 Å². The number of nitrogens with one attached hydrogen (secondary N) is 1. The van der Waals surface area contributed by atoms with Crippen molar-refractivity contribution in [3.8, 4) is 0 Å². The molecule has 1 saturated carbocycles. The van der Waals surface area contributed by atoms with Crippen LogP contribution in [0, 0.1) is 5.92 Å². The predicted molar refractivity (Wildman–Crippen MR) is 83.3 cm³/mol. The zero-order valence-corrected chi connectivity index (χ0v) is 12.3. The molecule has 22 heavy (non-hydrogen) atoms. The summed E-state index contributed by atoms with van der Waals surface area (Å²) in [6, 6.07) is 9.90. The van der Waals surface area contributed by atoms with E-state index in [-0.39, 0.29) is 5.69 Å². The van der Waals surface area contributed by atoms with Crippen molar-refractivity contribution in [3.63, 3.8) is 0 Å². The van der Waals surface area contributed by atoms with Gasteiger partial charge in [-0.05, 0) is 24.3 Å². The van der Waals surface area contributed by atoms with Gasteiger partial charge in [0.1, 0.15) is 17.8 Å². The van der Waals surface area contributed by atoms with Crippen LogP contribution in [-0.2, 0) is 6.54 Å². The SMILES string of the molecule is NC1=c2[nH]c(=O)n(Cc3ccccc3)c2=NCN1CC1CC1. The molecule has 6 nitrogen and oxygen atoms in total. The van der Waals surface area contributed by atoms with Crippen molar-refractivity contribution in [2.45, 2.75) is 19.4 Å². The van der Waals surface area contributed by atoms with Gasteiger partial charge in [-0.15, -0.1) is 0 Å². The van der Waals surface area contributed by atoms with Gasteiger partial charge < -0.3 is 15.6 Å². The molecule has 1 aromatic carbocycles. The predicted octanol–water partition coefficient (Wildman–Crippen LogP) is -0.448. The third kappa shape index (κ3) is 2.30. The van der Waals surface area contributed by atoms with Crippen LogP contribution in [0.3, 0.4) is 0 Å². The summed E-state index contributed by atoms with van der Waals surface area (Å²) in [7, 11) is 0. The van der Waals surface area contributed by atoms with Gasteiger partial charge in [0.2, 0.25) is 0 Å². The highest BCUT2D eigenvalue weighted by atomic mass is 16.1. The molecular weight excluding hydrogens is 278 g/mol. The first-order chi connectivity index (χ1) is 10.7. The maximum absolute atomic E-state index is 12.3. The molecule has 1 aliphatic carbocycles. The molecule has 4 rings (SSSR count). The van der Waals surface area contributed by atoms with Gasteiger partial charge in [-0.2, -0.15) is 0 Å². The van der Waals surface area contributed by atoms with E-state index in [4.69, 9.17) is 5.73 Å². The molecule has 6 heteroatoms. The van der Waals surface area contributed by atoms with Gasteiger partial charge in [-0.1, -0.05) is 30.3 Å². The molecule has 114 valence electrons. The fourth-order valence-electron chi connectivity index (χ4n) is 2.87. The lowest BCUT2D eigenvalue weighted by Crippen LogP contribution is -2.46. The van der Waals surface area contributed by atoms with E-state index < -0.39 is 0 Å². The maximum atomic E-state index is 12.3. The monoisotopic (exact) mass is 297 g/mol. The Morgan fingerprint density at radius 2 is 2.05 bits per heavy atom. The fourth-order valence-corrected chi connectivity index (χ4v) is 2.87. The molecule has 0 amide bonds. The summed E-state index contributed by atoms with van der Waals surface area (Å²) in [5.74, 6) is 1.37. The normalized spacial score (nSPS) is 17.3. The summed E-state index contributed by atoms with van der Waals surface area (Å²) < 4.78 is 1.66. The van der Waals surface area contributed by atoms with E-state index in [0.29, 0.717) is 29.9 Å². The van der Waals surface area contributed by atoms with Crippen molar-refractivity contribution in [2.75, 3.05) is 13.2 Å². The third-order valence-electron chi connectivity index (χ3n) is 4.30. The zero-order valence-electron chi connectivity index (χ0n) is 12.3. The molecule has 2 aromatic rings. The molecule has 0 spiro atoms. The molecule has 1 fully saturated rings. The van der Waals surface area contributed by atoms with E-state index in [1.165, 1.54) is 12.8 Å². The lowest BCUT2D eigenvalue weighted by molar-refractivity contribution is 0.368. The van der Waals surface area contributed by atoms with E-state index >= 15 is 0 Å². The van der Waals surface area contributed by atoms with E-state index in [2.05, 4.69) is 14.9 Å². The highest BCUT2D eigenvalue weighted by Crippen LogP contribution is 2.30. The Kier molecular flexibility index (Phi) is 3.03. The van der Waals surface area contributed by atoms with Crippen molar-refractivity contribution in [2.24, 2.45) is 16.6 Å². The lowest BCUT2D eigenvalue weighted by atomic mass is 10.2. The van der Waals surface area contributed by atoms with Crippen LogP contribution < -0.4 is 22.3 Å². The van der Waals surface area contributed by atoms with Crippen molar-refractivity contribution < 1.29 is 0 Å². The number of nitrogens with two attached hydrogens (primary N) is 1. The molecule has 0 saturated heterocycles. The number of nitrogens with zero attached hydrogens (tertiary/aromatic N) is 3. The van der Waals surface area contributed by atoms with Crippen LogP contribution >= 0.6 is 0 Å². The zero-order chi connectivity index (χ0) is 15.1. The molecule has 2 aliphatic rings. The summed E-state index contributed by atoms with van der Waals surface area (Å²) in [6.45, 7) is 1.97. The van der Waals surface area contributed by atoms with Crippen LogP contribution in [-0.4, -0.2) is 27.7 Å². The standard InChI is InChI=1S/C16H19N5O/c17-14-13-15(18-10-20(14)8-12-6-7-12)21(16(22)19-13)9-11-4-2-1-3-5-11/h1-5,12H,6-10,17H2,(H,19,22). The van der Waals surface area contributed by atoms with Crippen molar-refractivity contribution in [3.05, 3.63) is 57.2 Å². The summed E-state index contributed by atoms with van der Waals surface area (Å²) in [6.07, 6.45) is 2.53. The van der Waals surface area contributed by atoms with Gasteiger partial charge in [-0.3, -0.25) is 4.57 Å². The second-order valence-corrected chi connectivity index (χ2v) is 6.05. The highest BCUT2D eigenvalue weighted by molar-refractivity contribution is 5.36. The van der Waals surface area contributed by atoms with Crippen LogP contribution in [0.15, 0.2) is 40.1 Å². The summed E-state index contributed by atoms with van der Waals surface area (Å²) >= 11 is 0. The largest absolute Gasteiger partial charge is 0.383 e. The molecular formula is C16H19N5O. The van der Waals surface area contributed by atoms with Gasteiger partial charge in [0.15, 0.2) is 5.49 Å². The smallest absolute Gasteiger partial charge is 0.328 e. The number of hydrogen-bond acceptors (Lipinski definition) is 4. The number of hydrogen-bond donors (Lipinski definition) is 2. The molecule has 0 bridgehead atoms. The number of imidazole rings is 1. The Balaban J connectivity index is 1.74. The molecule has 3 N–H and O–H groups in total. The molecule has 1 aromatic heterocycles. The molecule has 2 heterocycles. The highest BCUT2D eigenvalue weighted by Gasteiger charge is 2.26. The molecule has 0 atom stereocenters. The maximum Gasteiger partial charge on any atom is 0.328 e. The minimum absolute atomic E-state index is 0.158. The number of H-pyrrole nitrogens is 1. The van der Waals surface area contributed by atoms with E-state index in [9.17, 15) is 4.79 Å². The fraction of sp³-hybridized carbons (Fsp3) is 0.375. The topological polar surface area (TPSA) is 79.4 Å². The minimum atomic E-state index is -0.158. The number of fused-ring (bicyclic) bond motifs is 1. The van der Waals surface area contributed by atoms with Crippen molar-refractivity contribution in [1.29, 1.82) is 0 Å². The van der Waals surface area contributed by atoms with Gasteiger partial charge in [0, 0.05) is 6.54 Å². The molecule has 0 unspecified atom stereocenters. The van der Waals surface area contributed by atoms with Crippen molar-refractivity contribution >= 4 is 5.82 Å². The second-order valence-electron chi connectivity index (χ2n) is 6.05. The Morgan fingerprint density at radius 1 is 1.27 bits per heavy atom. The van der Waals surface area contributed by atoms with E-state index in [1.54, 1.807) is 4.57 Å². The van der Waals surface area contributed by atoms with Crippen LogP contribution in [0.5, 0.6) is 0 Å². The van der Waals surface area contributed by atoms with Gasteiger partial charge in [0.25, 0.3) is 0 Å². The third-order valence-corrected chi connectivity index (χ3v) is 4.30. The summed E-state index contributed by atoms with van der Waals surface area (Å²) in [5.41, 5.74) is 7.82. The number of aromatic amines is 1. The summed E-state index contributed by atoms with van der Waals surface area (Å²) in [5, 5.41) is 0.660. The first-order valence-corrected chi connectivity index (χ1v) is 7.64. The molecule has 0 radical (unpaired) electrons. The van der Waals surface area contributed by atoms with Crippen LogP contribution in [0.2, 0.25) is 0 Å².